The van der Waals surface area contributed by atoms with Crippen molar-refractivity contribution in [2.24, 2.45) is 11.8 Å². The molecule has 4 nitrogen and oxygen atoms in total. The lowest BCUT2D eigenvalue weighted by molar-refractivity contribution is 0.0941. The molecule has 22 heavy (non-hydrogen) atoms. The zero-order valence-corrected chi connectivity index (χ0v) is 12.2. The standard InChI is InChI=1S/C18H16N2O2/c19-10-12-3-1-11(2-4-12)7-17-18-15(20-22-17)8-14(9-16(18)21)13-5-6-13/h1-4,13-14H,5-9H2. The number of hydrogen-bond donors (Lipinski definition) is 0. The van der Waals surface area contributed by atoms with Crippen LogP contribution < -0.4 is 0 Å². The monoisotopic (exact) mass is 292 g/mol. The first-order valence-electron chi connectivity index (χ1n) is 7.74. The Morgan fingerprint density at radius 1 is 1.18 bits per heavy atom. The Labute approximate surface area is 128 Å². The van der Waals surface area contributed by atoms with Crippen molar-refractivity contribution >= 4 is 5.78 Å². The second-order valence-electron chi connectivity index (χ2n) is 6.34. The zero-order valence-electron chi connectivity index (χ0n) is 12.2. The molecule has 0 radical (unpaired) electrons. The fourth-order valence-electron chi connectivity index (χ4n) is 3.38. The molecule has 0 spiro atoms. The number of Topliss-reactive ketones (excluding diaryl/α,β-unsaturated/α-hetero) is 1. The van der Waals surface area contributed by atoms with Gasteiger partial charge in [-0.2, -0.15) is 5.26 Å². The van der Waals surface area contributed by atoms with Gasteiger partial charge in [0.15, 0.2) is 11.5 Å². The van der Waals surface area contributed by atoms with Crippen molar-refractivity contribution in [2.75, 3.05) is 0 Å². The Morgan fingerprint density at radius 3 is 2.64 bits per heavy atom. The summed E-state index contributed by atoms with van der Waals surface area (Å²) in [6, 6.07) is 9.46. The van der Waals surface area contributed by atoms with Crippen molar-refractivity contribution in [3.05, 3.63) is 52.4 Å². The molecule has 1 saturated carbocycles. The third kappa shape index (κ3) is 2.33. The average molecular weight is 292 g/mol. The highest BCUT2D eigenvalue weighted by Crippen LogP contribution is 2.43. The highest BCUT2D eigenvalue weighted by Gasteiger charge is 2.39. The second kappa shape index (κ2) is 5.10. The van der Waals surface area contributed by atoms with Crippen LogP contribution in [0.3, 0.4) is 0 Å². The van der Waals surface area contributed by atoms with Gasteiger partial charge >= 0.3 is 0 Å². The van der Waals surface area contributed by atoms with Crippen LogP contribution >= 0.6 is 0 Å². The van der Waals surface area contributed by atoms with E-state index in [-0.39, 0.29) is 5.78 Å². The highest BCUT2D eigenvalue weighted by molar-refractivity contribution is 5.99. The molecule has 1 aromatic carbocycles. The maximum Gasteiger partial charge on any atom is 0.168 e. The molecule has 110 valence electrons. The number of benzene rings is 1. The summed E-state index contributed by atoms with van der Waals surface area (Å²) in [6.07, 6.45) is 4.57. The number of carbonyl (C=O) groups is 1. The van der Waals surface area contributed by atoms with E-state index in [1.807, 2.05) is 12.1 Å². The van der Waals surface area contributed by atoms with Crippen molar-refractivity contribution in [2.45, 2.75) is 32.1 Å². The lowest BCUT2D eigenvalue weighted by Crippen LogP contribution is -2.21. The average Bonchev–Trinajstić information content (AvgIpc) is 3.31. The normalized spacial score (nSPS) is 20.5. The number of nitriles is 1. The maximum absolute atomic E-state index is 12.5. The number of rotatable bonds is 3. The van der Waals surface area contributed by atoms with E-state index in [0.717, 1.165) is 23.6 Å². The Kier molecular flexibility index (Phi) is 3.07. The molecular weight excluding hydrogens is 276 g/mol. The lowest BCUT2D eigenvalue weighted by Gasteiger charge is -2.19. The van der Waals surface area contributed by atoms with E-state index < -0.39 is 0 Å². The van der Waals surface area contributed by atoms with Crippen molar-refractivity contribution < 1.29 is 9.32 Å². The SMILES string of the molecule is N#Cc1ccc(Cc2onc3c2C(=O)CC(C2CC2)C3)cc1. The van der Waals surface area contributed by atoms with Crippen LogP contribution in [0.25, 0.3) is 0 Å². The summed E-state index contributed by atoms with van der Waals surface area (Å²) < 4.78 is 5.46. The minimum atomic E-state index is 0.183. The molecular formula is C18H16N2O2. The molecule has 1 fully saturated rings. The third-order valence-corrected chi connectivity index (χ3v) is 4.75. The van der Waals surface area contributed by atoms with E-state index >= 15 is 0 Å². The molecule has 1 unspecified atom stereocenters. The number of hydrogen-bond acceptors (Lipinski definition) is 4. The Balaban J connectivity index is 1.58. The predicted octanol–water partition coefficient (Wildman–Crippen LogP) is 3.29. The molecule has 4 rings (SSSR count). The fourth-order valence-corrected chi connectivity index (χ4v) is 3.38. The maximum atomic E-state index is 12.5. The topological polar surface area (TPSA) is 66.9 Å². The summed E-state index contributed by atoms with van der Waals surface area (Å²) in [6.45, 7) is 0. The van der Waals surface area contributed by atoms with Gasteiger partial charge in [-0.05, 0) is 48.8 Å². The number of nitrogens with zero attached hydrogens (tertiary/aromatic N) is 2. The van der Waals surface area contributed by atoms with E-state index in [0.29, 0.717) is 35.6 Å². The van der Waals surface area contributed by atoms with Crippen LogP contribution in [0.5, 0.6) is 0 Å². The third-order valence-electron chi connectivity index (χ3n) is 4.75. The summed E-state index contributed by atoms with van der Waals surface area (Å²) in [5, 5.41) is 13.0. The van der Waals surface area contributed by atoms with Gasteiger partial charge in [-0.3, -0.25) is 4.79 Å². The van der Waals surface area contributed by atoms with Gasteiger partial charge in [0.1, 0.15) is 0 Å². The first-order valence-corrected chi connectivity index (χ1v) is 7.74. The van der Waals surface area contributed by atoms with E-state index in [9.17, 15) is 4.79 Å². The van der Waals surface area contributed by atoms with E-state index in [4.69, 9.17) is 9.78 Å². The van der Waals surface area contributed by atoms with Crippen LogP contribution in [0.4, 0.5) is 0 Å². The van der Waals surface area contributed by atoms with Crippen LogP contribution in [0.1, 0.15) is 52.2 Å². The van der Waals surface area contributed by atoms with Gasteiger partial charge in [-0.15, -0.1) is 0 Å². The van der Waals surface area contributed by atoms with Crippen LogP contribution in [-0.2, 0) is 12.8 Å². The summed E-state index contributed by atoms with van der Waals surface area (Å²) >= 11 is 0. The molecule has 4 heteroatoms. The molecule has 2 aliphatic rings. The smallest absolute Gasteiger partial charge is 0.168 e. The summed E-state index contributed by atoms with van der Waals surface area (Å²) in [5.74, 6) is 2.03. The van der Waals surface area contributed by atoms with Gasteiger partial charge in [0.2, 0.25) is 0 Å². The molecule has 1 aromatic heterocycles. The van der Waals surface area contributed by atoms with Crippen molar-refractivity contribution in [3.63, 3.8) is 0 Å². The van der Waals surface area contributed by atoms with E-state index in [2.05, 4.69) is 11.2 Å². The first-order chi connectivity index (χ1) is 10.7. The molecule has 2 aliphatic carbocycles. The number of carbonyl (C=O) groups excluding carboxylic acids is 1. The van der Waals surface area contributed by atoms with Gasteiger partial charge in [0.25, 0.3) is 0 Å². The predicted molar refractivity (Wildman–Crippen MR) is 79.3 cm³/mol. The lowest BCUT2D eigenvalue weighted by atomic mass is 9.82. The summed E-state index contributed by atoms with van der Waals surface area (Å²) in [7, 11) is 0. The first kappa shape index (κ1) is 13.3. The van der Waals surface area contributed by atoms with Crippen LogP contribution in [-0.4, -0.2) is 10.9 Å². The van der Waals surface area contributed by atoms with E-state index in [1.165, 1.54) is 12.8 Å². The van der Waals surface area contributed by atoms with Crippen LogP contribution in [0, 0.1) is 23.2 Å². The minimum absolute atomic E-state index is 0.183. The van der Waals surface area contributed by atoms with Gasteiger partial charge in [-0.1, -0.05) is 17.3 Å². The molecule has 1 heterocycles. The minimum Gasteiger partial charge on any atom is -0.360 e. The van der Waals surface area contributed by atoms with Gasteiger partial charge in [0, 0.05) is 12.8 Å². The molecule has 2 aromatic rings. The van der Waals surface area contributed by atoms with Crippen molar-refractivity contribution in [3.8, 4) is 6.07 Å². The van der Waals surface area contributed by atoms with Gasteiger partial charge < -0.3 is 4.52 Å². The number of fused-ring (bicyclic) bond motifs is 1. The molecule has 1 atom stereocenters. The molecule has 0 N–H and O–H groups in total. The molecule has 0 amide bonds. The summed E-state index contributed by atoms with van der Waals surface area (Å²) in [4.78, 5) is 12.5. The largest absolute Gasteiger partial charge is 0.360 e. The Bertz CT molecular complexity index is 763. The quantitative estimate of drug-likeness (QED) is 0.870. The van der Waals surface area contributed by atoms with Crippen molar-refractivity contribution in [1.82, 2.24) is 5.16 Å². The Morgan fingerprint density at radius 2 is 1.95 bits per heavy atom. The Hall–Kier alpha value is -2.41. The molecule has 0 saturated heterocycles. The zero-order chi connectivity index (χ0) is 15.1. The molecule has 0 bridgehead atoms. The highest BCUT2D eigenvalue weighted by atomic mass is 16.5. The van der Waals surface area contributed by atoms with Crippen LogP contribution in [0.2, 0.25) is 0 Å². The van der Waals surface area contributed by atoms with Crippen molar-refractivity contribution in [1.29, 1.82) is 5.26 Å². The molecule has 0 aliphatic heterocycles. The number of aromatic nitrogens is 1. The summed E-state index contributed by atoms with van der Waals surface area (Å²) in [5.41, 5.74) is 3.21. The van der Waals surface area contributed by atoms with E-state index in [1.54, 1.807) is 12.1 Å². The van der Waals surface area contributed by atoms with Gasteiger partial charge in [0.05, 0.1) is 22.9 Å². The fraction of sp³-hybridized carbons (Fsp3) is 0.389. The van der Waals surface area contributed by atoms with Crippen LogP contribution in [0.15, 0.2) is 28.8 Å². The van der Waals surface area contributed by atoms with Gasteiger partial charge in [-0.25, -0.2) is 0 Å². The second-order valence-corrected chi connectivity index (χ2v) is 6.34. The number of ketones is 1.